The van der Waals surface area contributed by atoms with E-state index in [0.717, 1.165) is 13.0 Å². The molecule has 0 bridgehead atoms. The highest BCUT2D eigenvalue weighted by atomic mass is 16.3. The summed E-state index contributed by atoms with van der Waals surface area (Å²) in [6.45, 7) is 3.01. The normalized spacial score (nSPS) is 12.9. The van der Waals surface area contributed by atoms with Crippen molar-refractivity contribution < 1.29 is 9.90 Å². The smallest absolute Gasteiger partial charge is 0.217 e. The minimum Gasteiger partial charge on any atom is -0.392 e. The zero-order chi connectivity index (χ0) is 8.69. The molecular weight excluding hydrogens is 144 g/mol. The van der Waals surface area contributed by atoms with Crippen LogP contribution in [0.3, 0.4) is 0 Å². The molecule has 1 atom stereocenters. The minimum atomic E-state index is -0.330. The fourth-order valence-corrected chi connectivity index (χ4v) is 0.699. The molecule has 0 aliphatic rings. The Morgan fingerprint density at radius 2 is 2.36 bits per heavy atom. The fraction of sp³-hybridized carbons (Fsp3) is 0.857. The predicted molar refractivity (Wildman–Crippen MR) is 43.0 cm³/mol. The molecule has 0 aliphatic heterocycles. The Morgan fingerprint density at radius 3 is 2.82 bits per heavy atom. The SMILES string of the molecule is C[C@@H](O)CNCCCC(N)=O. The van der Waals surface area contributed by atoms with E-state index in [0.29, 0.717) is 13.0 Å². The third kappa shape index (κ3) is 9.39. The molecule has 0 aliphatic carbocycles. The van der Waals surface area contributed by atoms with Crippen molar-refractivity contribution in [2.75, 3.05) is 13.1 Å². The van der Waals surface area contributed by atoms with Crippen molar-refractivity contribution in [1.82, 2.24) is 5.32 Å². The number of aliphatic hydroxyl groups excluding tert-OH is 1. The van der Waals surface area contributed by atoms with Gasteiger partial charge in [-0.05, 0) is 19.9 Å². The number of hydrogen-bond acceptors (Lipinski definition) is 3. The quantitative estimate of drug-likeness (QED) is 0.446. The van der Waals surface area contributed by atoms with Gasteiger partial charge in [0, 0.05) is 13.0 Å². The molecule has 0 radical (unpaired) electrons. The van der Waals surface area contributed by atoms with Crippen LogP contribution in [0.2, 0.25) is 0 Å². The van der Waals surface area contributed by atoms with Crippen molar-refractivity contribution in [3.8, 4) is 0 Å². The van der Waals surface area contributed by atoms with Gasteiger partial charge in [-0.3, -0.25) is 4.79 Å². The average Bonchev–Trinajstić information content (AvgIpc) is 1.85. The Labute approximate surface area is 66.8 Å². The van der Waals surface area contributed by atoms with Gasteiger partial charge in [-0.2, -0.15) is 0 Å². The third-order valence-corrected chi connectivity index (χ3v) is 1.22. The summed E-state index contributed by atoms with van der Waals surface area (Å²) < 4.78 is 0. The van der Waals surface area contributed by atoms with E-state index in [1.165, 1.54) is 0 Å². The lowest BCUT2D eigenvalue weighted by molar-refractivity contribution is -0.118. The van der Waals surface area contributed by atoms with Crippen LogP contribution in [0.15, 0.2) is 0 Å². The highest BCUT2D eigenvalue weighted by Crippen LogP contribution is 1.84. The Morgan fingerprint density at radius 1 is 1.73 bits per heavy atom. The van der Waals surface area contributed by atoms with Crippen LogP contribution in [0, 0.1) is 0 Å². The molecule has 4 heteroatoms. The summed E-state index contributed by atoms with van der Waals surface area (Å²) in [5.74, 6) is -0.274. The van der Waals surface area contributed by atoms with Crippen molar-refractivity contribution in [3.63, 3.8) is 0 Å². The summed E-state index contributed by atoms with van der Waals surface area (Å²) >= 11 is 0. The lowest BCUT2D eigenvalue weighted by Gasteiger charge is -2.04. The van der Waals surface area contributed by atoms with Gasteiger partial charge in [0.05, 0.1) is 6.10 Å². The van der Waals surface area contributed by atoms with Gasteiger partial charge in [-0.25, -0.2) is 0 Å². The number of rotatable bonds is 6. The standard InChI is InChI=1S/C7H16N2O2/c1-6(10)5-9-4-2-3-7(8)11/h6,9-10H,2-5H2,1H3,(H2,8,11)/t6-/m1/s1. The lowest BCUT2D eigenvalue weighted by Crippen LogP contribution is -2.26. The number of hydrogen-bond donors (Lipinski definition) is 3. The Balaban J connectivity index is 2.97. The van der Waals surface area contributed by atoms with E-state index in [2.05, 4.69) is 5.32 Å². The van der Waals surface area contributed by atoms with E-state index in [1.54, 1.807) is 6.92 Å². The van der Waals surface area contributed by atoms with Crippen LogP contribution >= 0.6 is 0 Å². The summed E-state index contributed by atoms with van der Waals surface area (Å²) in [4.78, 5) is 10.2. The second kappa shape index (κ2) is 6.12. The van der Waals surface area contributed by atoms with Crippen LogP contribution in [0.1, 0.15) is 19.8 Å². The molecule has 0 heterocycles. The van der Waals surface area contributed by atoms with E-state index in [-0.39, 0.29) is 12.0 Å². The maximum atomic E-state index is 10.2. The van der Waals surface area contributed by atoms with Crippen molar-refractivity contribution in [2.45, 2.75) is 25.9 Å². The third-order valence-electron chi connectivity index (χ3n) is 1.22. The van der Waals surface area contributed by atoms with Crippen LogP contribution < -0.4 is 11.1 Å². The lowest BCUT2D eigenvalue weighted by atomic mass is 10.3. The number of carbonyl (C=O) groups excluding carboxylic acids is 1. The molecule has 1 amide bonds. The van der Waals surface area contributed by atoms with Gasteiger partial charge in [0.2, 0.25) is 5.91 Å². The molecule has 0 aromatic heterocycles. The van der Waals surface area contributed by atoms with E-state index in [4.69, 9.17) is 10.8 Å². The largest absolute Gasteiger partial charge is 0.392 e. The van der Waals surface area contributed by atoms with Gasteiger partial charge in [0.25, 0.3) is 0 Å². The number of nitrogens with two attached hydrogens (primary N) is 1. The predicted octanol–water partition coefficient (Wildman–Crippen LogP) is -0.778. The van der Waals surface area contributed by atoms with E-state index in [9.17, 15) is 4.79 Å². The maximum absolute atomic E-state index is 10.2. The molecular formula is C7H16N2O2. The van der Waals surface area contributed by atoms with Crippen LogP contribution in [0.5, 0.6) is 0 Å². The molecule has 0 saturated heterocycles. The number of nitrogens with one attached hydrogen (secondary N) is 1. The summed E-state index contributed by atoms with van der Waals surface area (Å²) in [6, 6.07) is 0. The van der Waals surface area contributed by atoms with Gasteiger partial charge in [-0.1, -0.05) is 0 Å². The monoisotopic (exact) mass is 160 g/mol. The van der Waals surface area contributed by atoms with Gasteiger partial charge >= 0.3 is 0 Å². The number of aliphatic hydroxyl groups is 1. The number of primary amides is 1. The number of carbonyl (C=O) groups is 1. The minimum absolute atomic E-state index is 0.274. The molecule has 11 heavy (non-hydrogen) atoms. The molecule has 0 aromatic carbocycles. The maximum Gasteiger partial charge on any atom is 0.217 e. The molecule has 0 saturated carbocycles. The zero-order valence-electron chi connectivity index (χ0n) is 6.84. The van der Waals surface area contributed by atoms with E-state index >= 15 is 0 Å². The number of amides is 1. The Hall–Kier alpha value is -0.610. The van der Waals surface area contributed by atoms with Crippen molar-refractivity contribution >= 4 is 5.91 Å². The van der Waals surface area contributed by atoms with E-state index < -0.39 is 0 Å². The average molecular weight is 160 g/mol. The highest BCUT2D eigenvalue weighted by Gasteiger charge is 1.95. The van der Waals surface area contributed by atoms with Crippen LogP contribution in [-0.4, -0.2) is 30.2 Å². The summed E-state index contributed by atoms with van der Waals surface area (Å²) in [5, 5.41) is 11.8. The summed E-state index contributed by atoms with van der Waals surface area (Å²) in [6.07, 6.45) is 0.818. The van der Waals surface area contributed by atoms with Gasteiger partial charge in [-0.15, -0.1) is 0 Å². The molecule has 0 unspecified atom stereocenters. The molecule has 0 rings (SSSR count). The Bertz CT molecular complexity index is 115. The molecule has 4 nitrogen and oxygen atoms in total. The molecule has 4 N–H and O–H groups in total. The second-order valence-electron chi connectivity index (χ2n) is 2.62. The van der Waals surface area contributed by atoms with Crippen LogP contribution in [0.25, 0.3) is 0 Å². The van der Waals surface area contributed by atoms with Crippen LogP contribution in [0.4, 0.5) is 0 Å². The van der Waals surface area contributed by atoms with Crippen molar-refractivity contribution in [1.29, 1.82) is 0 Å². The first-order chi connectivity index (χ1) is 5.13. The first-order valence-electron chi connectivity index (χ1n) is 3.80. The molecule has 0 aromatic rings. The van der Waals surface area contributed by atoms with E-state index in [1.807, 2.05) is 0 Å². The highest BCUT2D eigenvalue weighted by molar-refractivity contribution is 5.73. The van der Waals surface area contributed by atoms with Crippen LogP contribution in [-0.2, 0) is 4.79 Å². The van der Waals surface area contributed by atoms with Crippen molar-refractivity contribution in [3.05, 3.63) is 0 Å². The van der Waals surface area contributed by atoms with Gasteiger partial charge in [0.1, 0.15) is 0 Å². The Kier molecular flexibility index (Phi) is 5.78. The first-order valence-corrected chi connectivity index (χ1v) is 3.80. The first kappa shape index (κ1) is 10.4. The molecule has 0 fully saturated rings. The summed E-state index contributed by atoms with van der Waals surface area (Å²) in [5.41, 5.74) is 4.92. The fourth-order valence-electron chi connectivity index (χ4n) is 0.699. The topological polar surface area (TPSA) is 75.3 Å². The molecule has 0 spiro atoms. The van der Waals surface area contributed by atoms with Gasteiger partial charge in [0.15, 0.2) is 0 Å². The second-order valence-corrected chi connectivity index (χ2v) is 2.62. The zero-order valence-corrected chi connectivity index (χ0v) is 6.84. The summed E-state index contributed by atoms with van der Waals surface area (Å²) in [7, 11) is 0. The van der Waals surface area contributed by atoms with Gasteiger partial charge < -0.3 is 16.2 Å². The molecule has 66 valence electrons. The van der Waals surface area contributed by atoms with Crippen molar-refractivity contribution in [2.24, 2.45) is 5.73 Å².